The number of ether oxygens (including phenoxy) is 4. The van der Waals surface area contributed by atoms with Crippen LogP contribution in [0.15, 0.2) is 66.7 Å². The molecule has 0 aliphatic carbocycles. The molecule has 0 bridgehead atoms. The van der Waals surface area contributed by atoms with Gasteiger partial charge in [0.15, 0.2) is 11.5 Å². The van der Waals surface area contributed by atoms with Crippen LogP contribution in [0.25, 0.3) is 0 Å². The molecule has 0 aliphatic rings. The molecule has 190 valence electrons. The zero-order valence-corrected chi connectivity index (χ0v) is 21.0. The first kappa shape index (κ1) is 26.4. The standard InChI is InChI=1S/C28H32N2O6/c1-5-36-24-15-10-21(18-25(24)35-4)28(29-26(31)16-19-6-11-22(33-2)12-7-19)30-27(32)17-20-8-13-23(34-3)14-9-20/h6-15,18,28H,5,16-17H2,1-4H3,(H,29,31)(H,30,32). The fourth-order valence-corrected chi connectivity index (χ4v) is 3.62. The number of methoxy groups -OCH3 is 3. The van der Waals surface area contributed by atoms with E-state index in [2.05, 4.69) is 10.6 Å². The Morgan fingerprint density at radius 3 is 1.61 bits per heavy atom. The molecule has 0 spiro atoms. The van der Waals surface area contributed by atoms with Crippen LogP contribution in [0.1, 0.15) is 29.8 Å². The fraction of sp³-hybridized carbons (Fsp3) is 0.286. The predicted molar refractivity (Wildman–Crippen MR) is 137 cm³/mol. The number of benzene rings is 3. The number of carbonyl (C=O) groups excluding carboxylic acids is 2. The van der Waals surface area contributed by atoms with Crippen LogP contribution >= 0.6 is 0 Å². The summed E-state index contributed by atoms with van der Waals surface area (Å²) in [5.41, 5.74) is 2.29. The molecule has 3 aromatic rings. The average Bonchev–Trinajstić information content (AvgIpc) is 2.89. The highest BCUT2D eigenvalue weighted by Gasteiger charge is 2.20. The van der Waals surface area contributed by atoms with E-state index in [9.17, 15) is 9.59 Å². The molecule has 0 unspecified atom stereocenters. The molecule has 0 saturated heterocycles. The fourth-order valence-electron chi connectivity index (χ4n) is 3.62. The molecule has 2 N–H and O–H groups in total. The minimum absolute atomic E-state index is 0.142. The van der Waals surface area contributed by atoms with Crippen molar-refractivity contribution in [3.8, 4) is 23.0 Å². The van der Waals surface area contributed by atoms with Crippen molar-refractivity contribution in [1.82, 2.24) is 10.6 Å². The van der Waals surface area contributed by atoms with Crippen LogP contribution in [0.2, 0.25) is 0 Å². The topological polar surface area (TPSA) is 95.1 Å². The lowest BCUT2D eigenvalue weighted by Crippen LogP contribution is -2.42. The smallest absolute Gasteiger partial charge is 0.226 e. The normalized spacial score (nSPS) is 10.5. The molecule has 3 rings (SSSR count). The first-order chi connectivity index (χ1) is 17.4. The van der Waals surface area contributed by atoms with Gasteiger partial charge in [0.2, 0.25) is 11.8 Å². The summed E-state index contributed by atoms with van der Waals surface area (Å²) in [7, 11) is 4.72. The minimum Gasteiger partial charge on any atom is -0.497 e. The Bertz CT molecular complexity index is 1080. The van der Waals surface area contributed by atoms with Crippen molar-refractivity contribution in [2.24, 2.45) is 0 Å². The van der Waals surface area contributed by atoms with E-state index in [4.69, 9.17) is 18.9 Å². The Labute approximate surface area is 211 Å². The molecule has 36 heavy (non-hydrogen) atoms. The molecular formula is C28H32N2O6. The van der Waals surface area contributed by atoms with Gasteiger partial charge >= 0.3 is 0 Å². The van der Waals surface area contributed by atoms with Crippen LogP contribution in [-0.2, 0) is 22.4 Å². The van der Waals surface area contributed by atoms with Crippen LogP contribution in [0.5, 0.6) is 23.0 Å². The molecule has 0 aromatic heterocycles. The molecule has 8 nitrogen and oxygen atoms in total. The molecule has 0 fully saturated rings. The van der Waals surface area contributed by atoms with Gasteiger partial charge in [-0.25, -0.2) is 0 Å². The van der Waals surface area contributed by atoms with Gasteiger partial charge < -0.3 is 29.6 Å². The lowest BCUT2D eigenvalue weighted by atomic mass is 10.1. The molecule has 0 saturated carbocycles. The largest absolute Gasteiger partial charge is 0.497 e. The Morgan fingerprint density at radius 1 is 0.694 bits per heavy atom. The second kappa shape index (κ2) is 13.0. The number of hydrogen-bond acceptors (Lipinski definition) is 6. The third-order valence-electron chi connectivity index (χ3n) is 5.48. The number of amides is 2. The third kappa shape index (κ3) is 7.40. The number of nitrogens with one attached hydrogen (secondary N) is 2. The van der Waals surface area contributed by atoms with Crippen LogP contribution in [0.3, 0.4) is 0 Å². The third-order valence-corrected chi connectivity index (χ3v) is 5.48. The summed E-state index contributed by atoms with van der Waals surface area (Å²) in [6.07, 6.45) is -0.488. The van der Waals surface area contributed by atoms with Crippen LogP contribution < -0.4 is 29.6 Å². The van der Waals surface area contributed by atoms with Gasteiger partial charge in [0.25, 0.3) is 0 Å². The van der Waals surface area contributed by atoms with Gasteiger partial charge in [0.1, 0.15) is 17.7 Å². The summed E-state index contributed by atoms with van der Waals surface area (Å²) >= 11 is 0. The van der Waals surface area contributed by atoms with E-state index in [0.717, 1.165) is 11.1 Å². The maximum Gasteiger partial charge on any atom is 0.226 e. The van der Waals surface area contributed by atoms with Crippen molar-refractivity contribution >= 4 is 11.8 Å². The monoisotopic (exact) mass is 492 g/mol. The number of rotatable bonds is 12. The summed E-state index contributed by atoms with van der Waals surface area (Å²) < 4.78 is 21.4. The summed E-state index contributed by atoms with van der Waals surface area (Å²) in [5, 5.41) is 5.86. The van der Waals surface area contributed by atoms with Crippen LogP contribution in [-0.4, -0.2) is 39.8 Å². The molecule has 8 heteroatoms. The minimum atomic E-state index is -0.772. The van der Waals surface area contributed by atoms with Gasteiger partial charge in [-0.2, -0.15) is 0 Å². The molecule has 0 atom stereocenters. The van der Waals surface area contributed by atoms with Crippen LogP contribution in [0.4, 0.5) is 0 Å². The van der Waals surface area contributed by atoms with E-state index < -0.39 is 6.17 Å². The molecule has 0 radical (unpaired) electrons. The van der Waals surface area contributed by atoms with Gasteiger partial charge in [0, 0.05) is 0 Å². The highest BCUT2D eigenvalue weighted by molar-refractivity contribution is 5.82. The summed E-state index contributed by atoms with van der Waals surface area (Å²) in [5.74, 6) is 2.02. The Morgan fingerprint density at radius 2 is 1.19 bits per heavy atom. The van der Waals surface area contributed by atoms with E-state index in [1.807, 2.05) is 31.2 Å². The maximum absolute atomic E-state index is 12.9. The van der Waals surface area contributed by atoms with Gasteiger partial charge in [-0.05, 0) is 60.0 Å². The van der Waals surface area contributed by atoms with E-state index in [1.54, 1.807) is 63.8 Å². The quantitative estimate of drug-likeness (QED) is 0.373. The number of carbonyl (C=O) groups is 2. The van der Waals surface area contributed by atoms with Gasteiger partial charge in [0.05, 0.1) is 40.8 Å². The van der Waals surface area contributed by atoms with Crippen molar-refractivity contribution in [3.05, 3.63) is 83.4 Å². The van der Waals surface area contributed by atoms with Crippen molar-refractivity contribution in [2.45, 2.75) is 25.9 Å². The lowest BCUT2D eigenvalue weighted by Gasteiger charge is -2.22. The zero-order valence-electron chi connectivity index (χ0n) is 21.0. The second-order valence-corrected chi connectivity index (χ2v) is 7.96. The summed E-state index contributed by atoms with van der Waals surface area (Å²) in [4.78, 5) is 25.8. The summed E-state index contributed by atoms with van der Waals surface area (Å²) in [6.45, 7) is 2.37. The molecular weight excluding hydrogens is 460 g/mol. The first-order valence-corrected chi connectivity index (χ1v) is 11.6. The Balaban J connectivity index is 1.78. The van der Waals surface area contributed by atoms with Crippen molar-refractivity contribution in [2.75, 3.05) is 27.9 Å². The van der Waals surface area contributed by atoms with Crippen molar-refractivity contribution in [3.63, 3.8) is 0 Å². The van der Waals surface area contributed by atoms with Crippen molar-refractivity contribution in [1.29, 1.82) is 0 Å². The van der Waals surface area contributed by atoms with E-state index >= 15 is 0 Å². The molecule has 2 amide bonds. The Kier molecular flexibility index (Phi) is 9.56. The molecule has 0 heterocycles. The predicted octanol–water partition coefficient (Wildman–Crippen LogP) is 3.83. The van der Waals surface area contributed by atoms with E-state index in [0.29, 0.717) is 35.2 Å². The van der Waals surface area contributed by atoms with E-state index in [-0.39, 0.29) is 24.7 Å². The summed E-state index contributed by atoms with van der Waals surface area (Å²) in [6, 6.07) is 19.8. The number of hydrogen-bond donors (Lipinski definition) is 2. The maximum atomic E-state index is 12.9. The SMILES string of the molecule is CCOc1ccc(C(NC(=O)Cc2ccc(OC)cc2)NC(=O)Cc2ccc(OC)cc2)cc1OC. The van der Waals surface area contributed by atoms with Gasteiger partial charge in [-0.15, -0.1) is 0 Å². The van der Waals surface area contributed by atoms with Crippen LogP contribution in [0, 0.1) is 0 Å². The van der Waals surface area contributed by atoms with Gasteiger partial charge in [-0.3, -0.25) is 9.59 Å². The highest BCUT2D eigenvalue weighted by Crippen LogP contribution is 2.30. The second-order valence-electron chi connectivity index (χ2n) is 7.96. The van der Waals surface area contributed by atoms with Crippen molar-refractivity contribution < 1.29 is 28.5 Å². The average molecular weight is 493 g/mol. The first-order valence-electron chi connectivity index (χ1n) is 11.6. The lowest BCUT2D eigenvalue weighted by molar-refractivity contribution is -0.123. The highest BCUT2D eigenvalue weighted by atomic mass is 16.5. The van der Waals surface area contributed by atoms with E-state index in [1.165, 1.54) is 0 Å². The molecule has 0 aliphatic heterocycles. The van der Waals surface area contributed by atoms with Gasteiger partial charge in [-0.1, -0.05) is 30.3 Å². The molecule has 3 aromatic carbocycles. The Hall–Kier alpha value is -4.20. The zero-order chi connectivity index (χ0) is 25.9.